The van der Waals surface area contributed by atoms with E-state index in [1.807, 2.05) is 24.3 Å². The highest BCUT2D eigenvalue weighted by molar-refractivity contribution is 5.88. The van der Waals surface area contributed by atoms with E-state index in [1.54, 1.807) is 6.07 Å². The van der Waals surface area contributed by atoms with Gasteiger partial charge in [0.25, 0.3) is 0 Å². The van der Waals surface area contributed by atoms with Gasteiger partial charge in [0.15, 0.2) is 0 Å². The van der Waals surface area contributed by atoms with Crippen molar-refractivity contribution in [3.8, 4) is 0 Å². The van der Waals surface area contributed by atoms with Gasteiger partial charge in [0, 0.05) is 12.3 Å². The number of methoxy groups -OCH3 is 1. The van der Waals surface area contributed by atoms with Gasteiger partial charge < -0.3 is 19.6 Å². The summed E-state index contributed by atoms with van der Waals surface area (Å²) < 4.78 is 9.88. The molecule has 0 amide bonds. The molecule has 20 heavy (non-hydrogen) atoms. The topological polar surface area (TPSA) is 71.7 Å². The molecule has 0 radical (unpaired) electrons. The minimum Gasteiger partial charge on any atom is -0.467 e. The van der Waals surface area contributed by atoms with Crippen LogP contribution in [0.5, 0.6) is 0 Å². The normalized spacial score (nSPS) is 10.3. The van der Waals surface area contributed by atoms with Crippen LogP contribution in [-0.4, -0.2) is 24.8 Å². The molecule has 106 valence electrons. The third kappa shape index (κ3) is 3.61. The van der Waals surface area contributed by atoms with Gasteiger partial charge in [-0.15, -0.1) is 0 Å². The second-order valence-electron chi connectivity index (χ2n) is 4.32. The highest BCUT2D eigenvalue weighted by Gasteiger charge is 2.09. The molecule has 5 heteroatoms. The quantitative estimate of drug-likeness (QED) is 0.791. The molecule has 5 nitrogen and oxygen atoms in total. The number of carbonyl (C=O) groups excluding carboxylic acids is 1. The van der Waals surface area contributed by atoms with E-state index in [0.717, 1.165) is 11.3 Å². The van der Waals surface area contributed by atoms with Crippen LogP contribution in [0.4, 0.5) is 5.69 Å². The van der Waals surface area contributed by atoms with Gasteiger partial charge in [-0.3, -0.25) is 0 Å². The lowest BCUT2D eigenvalue weighted by Gasteiger charge is -2.05. The predicted molar refractivity (Wildman–Crippen MR) is 74.6 cm³/mol. The maximum absolute atomic E-state index is 11.3. The molecule has 0 aliphatic carbocycles. The van der Waals surface area contributed by atoms with Crippen LogP contribution in [-0.2, 0) is 17.7 Å². The van der Waals surface area contributed by atoms with E-state index in [2.05, 4.69) is 10.1 Å². The first-order chi connectivity index (χ1) is 9.72. The molecular formula is C15H17NO4. The van der Waals surface area contributed by atoms with E-state index in [-0.39, 0.29) is 6.61 Å². The zero-order valence-electron chi connectivity index (χ0n) is 11.3. The molecule has 0 unspecified atom stereocenters. The Hall–Kier alpha value is -2.27. The largest absolute Gasteiger partial charge is 0.467 e. The Morgan fingerprint density at radius 2 is 2.10 bits per heavy atom. The van der Waals surface area contributed by atoms with Crippen LogP contribution in [0.15, 0.2) is 41.0 Å². The first-order valence-electron chi connectivity index (χ1n) is 6.32. The molecule has 2 rings (SSSR count). The fraction of sp³-hybridized carbons (Fsp3) is 0.267. The van der Waals surface area contributed by atoms with Crippen molar-refractivity contribution in [3.05, 3.63) is 53.5 Å². The minimum atomic E-state index is -0.409. The molecule has 1 aromatic carbocycles. The summed E-state index contributed by atoms with van der Waals surface area (Å²) in [6.45, 7) is 0.631. The Kier molecular flexibility index (Phi) is 4.79. The van der Waals surface area contributed by atoms with Gasteiger partial charge in [-0.05, 0) is 30.2 Å². The van der Waals surface area contributed by atoms with Gasteiger partial charge in [0.1, 0.15) is 12.0 Å². The third-order valence-electron chi connectivity index (χ3n) is 2.90. The first-order valence-corrected chi connectivity index (χ1v) is 6.32. The SMILES string of the molecule is COC(=O)c1coc(CNc2ccc(CCO)cc2)c1. The number of hydrogen-bond donors (Lipinski definition) is 2. The van der Waals surface area contributed by atoms with Gasteiger partial charge in [-0.1, -0.05) is 12.1 Å². The maximum Gasteiger partial charge on any atom is 0.341 e. The summed E-state index contributed by atoms with van der Waals surface area (Å²) >= 11 is 0. The van der Waals surface area contributed by atoms with Crippen LogP contribution in [0.25, 0.3) is 0 Å². The monoisotopic (exact) mass is 275 g/mol. The number of furan rings is 1. The molecule has 1 aromatic heterocycles. The molecule has 1 heterocycles. The lowest BCUT2D eigenvalue weighted by Crippen LogP contribution is -2.00. The number of aliphatic hydroxyl groups excluding tert-OH is 1. The number of ether oxygens (including phenoxy) is 1. The number of rotatable bonds is 6. The van der Waals surface area contributed by atoms with Crippen LogP contribution < -0.4 is 5.32 Å². The highest BCUT2D eigenvalue weighted by Crippen LogP contribution is 2.14. The van der Waals surface area contributed by atoms with Crippen LogP contribution in [0.2, 0.25) is 0 Å². The number of benzene rings is 1. The number of anilines is 1. The number of esters is 1. The lowest BCUT2D eigenvalue weighted by molar-refractivity contribution is 0.0600. The maximum atomic E-state index is 11.3. The Morgan fingerprint density at radius 1 is 1.35 bits per heavy atom. The number of aliphatic hydroxyl groups is 1. The van der Waals surface area contributed by atoms with Gasteiger partial charge in [0.05, 0.1) is 19.2 Å². The Labute approximate surface area is 117 Å². The molecular weight excluding hydrogens is 258 g/mol. The van der Waals surface area contributed by atoms with E-state index < -0.39 is 5.97 Å². The van der Waals surface area contributed by atoms with Crippen molar-refractivity contribution in [2.75, 3.05) is 19.0 Å². The summed E-state index contributed by atoms with van der Waals surface area (Å²) in [4.78, 5) is 11.3. The average Bonchev–Trinajstić information content (AvgIpc) is 2.95. The van der Waals surface area contributed by atoms with E-state index in [1.165, 1.54) is 13.4 Å². The van der Waals surface area contributed by atoms with E-state index in [0.29, 0.717) is 24.3 Å². The fourth-order valence-electron chi connectivity index (χ4n) is 1.81. The van der Waals surface area contributed by atoms with Crippen molar-refractivity contribution in [1.82, 2.24) is 0 Å². The summed E-state index contributed by atoms with van der Waals surface area (Å²) in [6.07, 6.45) is 2.04. The van der Waals surface area contributed by atoms with Gasteiger partial charge in [-0.2, -0.15) is 0 Å². The predicted octanol–water partition coefficient (Wildman–Crippen LogP) is 2.21. The van der Waals surface area contributed by atoms with Crippen LogP contribution in [0.3, 0.4) is 0 Å². The molecule has 0 atom stereocenters. The van der Waals surface area contributed by atoms with Crippen molar-refractivity contribution in [1.29, 1.82) is 0 Å². The summed E-state index contributed by atoms with van der Waals surface area (Å²) in [6, 6.07) is 9.45. The fourth-order valence-corrected chi connectivity index (χ4v) is 1.81. The van der Waals surface area contributed by atoms with Gasteiger partial charge in [0.2, 0.25) is 0 Å². The summed E-state index contributed by atoms with van der Waals surface area (Å²) in [5.41, 5.74) is 2.44. The van der Waals surface area contributed by atoms with Gasteiger partial charge in [-0.25, -0.2) is 4.79 Å². The molecule has 0 spiro atoms. The van der Waals surface area contributed by atoms with Crippen molar-refractivity contribution in [2.24, 2.45) is 0 Å². The second kappa shape index (κ2) is 6.77. The van der Waals surface area contributed by atoms with Crippen LogP contribution in [0, 0.1) is 0 Å². The highest BCUT2D eigenvalue weighted by atomic mass is 16.5. The van der Waals surface area contributed by atoms with Crippen molar-refractivity contribution in [2.45, 2.75) is 13.0 Å². The average molecular weight is 275 g/mol. The smallest absolute Gasteiger partial charge is 0.341 e. The standard InChI is InChI=1S/C15H17NO4/c1-19-15(18)12-8-14(20-10-12)9-16-13-4-2-11(3-5-13)6-7-17/h2-5,8,10,16-17H,6-7,9H2,1H3. The third-order valence-corrected chi connectivity index (χ3v) is 2.90. The van der Waals surface area contributed by atoms with Crippen molar-refractivity contribution >= 4 is 11.7 Å². The number of carbonyl (C=O) groups is 1. The molecule has 0 fully saturated rings. The van der Waals surface area contributed by atoms with Crippen molar-refractivity contribution < 1.29 is 19.1 Å². The summed E-state index contributed by atoms with van der Waals surface area (Å²) in [5.74, 6) is 0.248. The molecule has 0 bridgehead atoms. The van der Waals surface area contributed by atoms with Gasteiger partial charge >= 0.3 is 5.97 Å². The van der Waals surface area contributed by atoms with E-state index in [4.69, 9.17) is 9.52 Å². The molecule has 0 saturated heterocycles. The first kappa shape index (κ1) is 14.1. The van der Waals surface area contributed by atoms with Crippen LogP contribution in [0.1, 0.15) is 21.7 Å². The van der Waals surface area contributed by atoms with E-state index in [9.17, 15) is 4.79 Å². The summed E-state index contributed by atoms with van der Waals surface area (Å²) in [5, 5.41) is 12.0. The van der Waals surface area contributed by atoms with Crippen LogP contribution >= 0.6 is 0 Å². The van der Waals surface area contributed by atoms with E-state index >= 15 is 0 Å². The zero-order valence-corrected chi connectivity index (χ0v) is 11.3. The number of nitrogens with one attached hydrogen (secondary N) is 1. The Balaban J connectivity index is 1.91. The second-order valence-corrected chi connectivity index (χ2v) is 4.32. The Bertz CT molecular complexity index is 560. The lowest BCUT2D eigenvalue weighted by atomic mass is 10.1. The molecule has 2 N–H and O–H groups in total. The molecule has 0 aliphatic rings. The summed E-state index contributed by atoms with van der Waals surface area (Å²) in [7, 11) is 1.33. The van der Waals surface area contributed by atoms with Crippen molar-refractivity contribution in [3.63, 3.8) is 0 Å². The number of hydrogen-bond acceptors (Lipinski definition) is 5. The molecule has 0 aliphatic heterocycles. The molecule has 2 aromatic rings. The Morgan fingerprint density at radius 3 is 2.75 bits per heavy atom. The zero-order chi connectivity index (χ0) is 14.4. The minimum absolute atomic E-state index is 0.148. The molecule has 0 saturated carbocycles.